The highest BCUT2D eigenvalue weighted by Gasteiger charge is 2.24. The van der Waals surface area contributed by atoms with E-state index >= 15 is 0 Å². The lowest BCUT2D eigenvalue weighted by atomic mass is 9.97. The number of nitro benzene ring substituents is 1. The zero-order chi connectivity index (χ0) is 17.7. The number of nitrogens with zero attached hydrogens (tertiary/aromatic N) is 2. The quantitative estimate of drug-likeness (QED) is 0.333. The first kappa shape index (κ1) is 17.5. The minimum absolute atomic E-state index is 0.0319. The average molecular weight is 330 g/mol. The Balaban J connectivity index is 2.31. The third-order valence-corrected chi connectivity index (χ3v) is 3.63. The molecule has 0 amide bonds. The molecule has 0 saturated carbocycles. The van der Waals surface area contributed by atoms with Crippen molar-refractivity contribution in [3.05, 3.63) is 57.0 Å². The minimum Gasteiger partial charge on any atom is -0.461 e. The number of esters is 1. The second kappa shape index (κ2) is 7.63. The van der Waals surface area contributed by atoms with Crippen molar-refractivity contribution in [1.29, 1.82) is 0 Å². The predicted octanol–water partition coefficient (Wildman–Crippen LogP) is 3.77. The molecule has 2 aromatic carbocycles. The van der Waals surface area contributed by atoms with Crippen LogP contribution in [0.25, 0.3) is 10.8 Å². The number of benzene rings is 2. The molecule has 0 aliphatic heterocycles. The third kappa shape index (κ3) is 3.92. The second-order valence-corrected chi connectivity index (χ2v) is 5.69. The summed E-state index contributed by atoms with van der Waals surface area (Å²) in [4.78, 5) is 33.6. The normalized spacial score (nSPS) is 12.1. The largest absolute Gasteiger partial charge is 0.461 e. The number of nitroso groups, excluding NO2 is 1. The van der Waals surface area contributed by atoms with E-state index in [9.17, 15) is 19.8 Å². The van der Waals surface area contributed by atoms with Gasteiger partial charge in [0.05, 0.1) is 11.0 Å². The summed E-state index contributed by atoms with van der Waals surface area (Å²) in [6.45, 7) is 3.35. The van der Waals surface area contributed by atoms with Crippen molar-refractivity contribution in [2.45, 2.75) is 38.8 Å². The van der Waals surface area contributed by atoms with Crippen LogP contribution in [0.15, 0.2) is 41.6 Å². The van der Waals surface area contributed by atoms with Gasteiger partial charge in [0.25, 0.3) is 5.69 Å². The van der Waals surface area contributed by atoms with E-state index in [2.05, 4.69) is 5.18 Å². The van der Waals surface area contributed by atoms with E-state index in [-0.39, 0.29) is 24.6 Å². The Kier molecular flexibility index (Phi) is 5.57. The first-order chi connectivity index (χ1) is 11.4. The summed E-state index contributed by atoms with van der Waals surface area (Å²) in [5.74, 6) is -0.706. The number of hydrogen-bond acceptors (Lipinski definition) is 6. The maximum absolute atomic E-state index is 11.8. The van der Waals surface area contributed by atoms with Crippen molar-refractivity contribution >= 4 is 22.4 Å². The molecule has 7 heteroatoms. The molecule has 24 heavy (non-hydrogen) atoms. The van der Waals surface area contributed by atoms with Gasteiger partial charge in [-0.15, -0.1) is 4.91 Å². The van der Waals surface area contributed by atoms with Crippen LogP contribution in [0.4, 0.5) is 5.69 Å². The molecule has 0 aliphatic carbocycles. The summed E-state index contributed by atoms with van der Waals surface area (Å²) in [7, 11) is 0. The Bertz CT molecular complexity index is 773. The number of rotatable bonds is 7. The van der Waals surface area contributed by atoms with Gasteiger partial charge >= 0.3 is 5.97 Å². The Morgan fingerprint density at radius 3 is 2.58 bits per heavy atom. The predicted molar refractivity (Wildman–Crippen MR) is 89.7 cm³/mol. The van der Waals surface area contributed by atoms with Gasteiger partial charge < -0.3 is 4.74 Å². The van der Waals surface area contributed by atoms with Crippen molar-refractivity contribution in [1.82, 2.24) is 0 Å². The molecular formula is C17H18N2O5. The molecule has 126 valence electrons. The van der Waals surface area contributed by atoms with Crippen LogP contribution in [-0.2, 0) is 16.0 Å². The first-order valence-corrected chi connectivity index (χ1v) is 7.62. The van der Waals surface area contributed by atoms with Crippen LogP contribution in [0, 0.1) is 15.0 Å². The van der Waals surface area contributed by atoms with Crippen molar-refractivity contribution < 1.29 is 14.5 Å². The smallest absolute Gasteiger partial charge is 0.334 e. The number of aryl methyl sites for hydroxylation is 1. The van der Waals surface area contributed by atoms with Gasteiger partial charge in [-0.3, -0.25) is 10.1 Å². The summed E-state index contributed by atoms with van der Waals surface area (Å²) >= 11 is 0. The summed E-state index contributed by atoms with van der Waals surface area (Å²) in [6.07, 6.45) is -0.112. The van der Waals surface area contributed by atoms with Gasteiger partial charge in [-0.2, -0.15) is 0 Å². The van der Waals surface area contributed by atoms with E-state index in [1.807, 2.05) is 12.1 Å². The second-order valence-electron chi connectivity index (χ2n) is 5.69. The fraction of sp³-hybridized carbons (Fsp3) is 0.353. The Morgan fingerprint density at radius 1 is 1.25 bits per heavy atom. The van der Waals surface area contributed by atoms with Crippen molar-refractivity contribution in [2.75, 3.05) is 0 Å². The number of hydrogen-bond donors (Lipinski definition) is 0. The molecule has 0 spiro atoms. The zero-order valence-electron chi connectivity index (χ0n) is 13.5. The third-order valence-electron chi connectivity index (χ3n) is 3.63. The lowest BCUT2D eigenvalue weighted by Gasteiger charge is -2.13. The molecule has 0 saturated heterocycles. The SMILES string of the molecule is CC(C)OC(=O)C(CCc1c([N+](=O)[O-])ccc2ccccc12)N=O. The van der Waals surface area contributed by atoms with Crippen LogP contribution < -0.4 is 0 Å². The summed E-state index contributed by atoms with van der Waals surface area (Å²) in [5.41, 5.74) is 0.458. The van der Waals surface area contributed by atoms with Gasteiger partial charge in [0.1, 0.15) is 0 Å². The van der Waals surface area contributed by atoms with Gasteiger partial charge in [0.2, 0.25) is 0 Å². The number of nitro groups is 1. The lowest BCUT2D eigenvalue weighted by Crippen LogP contribution is -2.24. The van der Waals surface area contributed by atoms with Gasteiger partial charge in [-0.25, -0.2) is 4.79 Å². The number of carbonyl (C=O) groups is 1. The Labute approximate surface area is 138 Å². The van der Waals surface area contributed by atoms with Crippen LogP contribution in [0.3, 0.4) is 0 Å². The van der Waals surface area contributed by atoms with E-state index in [1.165, 1.54) is 6.07 Å². The Hall–Kier alpha value is -2.83. The maximum atomic E-state index is 11.8. The highest BCUT2D eigenvalue weighted by Crippen LogP contribution is 2.29. The standard InChI is InChI=1S/C17H18N2O5/c1-11(2)24-17(20)15(18-21)9-8-14-13-6-4-3-5-12(13)7-10-16(14)19(22)23/h3-7,10-11,15H,8-9H2,1-2H3. The molecule has 0 fully saturated rings. The summed E-state index contributed by atoms with van der Waals surface area (Å²) < 4.78 is 4.99. The Morgan fingerprint density at radius 2 is 1.96 bits per heavy atom. The molecule has 0 bridgehead atoms. The fourth-order valence-corrected chi connectivity index (χ4v) is 2.56. The van der Waals surface area contributed by atoms with Gasteiger partial charge in [0, 0.05) is 11.6 Å². The van der Waals surface area contributed by atoms with Gasteiger partial charge in [0.15, 0.2) is 6.04 Å². The first-order valence-electron chi connectivity index (χ1n) is 7.62. The molecule has 0 N–H and O–H groups in total. The topological polar surface area (TPSA) is 98.9 Å². The molecule has 0 aromatic heterocycles. The molecule has 7 nitrogen and oxygen atoms in total. The maximum Gasteiger partial charge on any atom is 0.334 e. The lowest BCUT2D eigenvalue weighted by molar-refractivity contribution is -0.385. The summed E-state index contributed by atoms with van der Waals surface area (Å²) in [5, 5.41) is 15.7. The molecule has 0 aliphatic rings. The van der Waals surface area contributed by atoms with Crippen molar-refractivity contribution in [3.63, 3.8) is 0 Å². The van der Waals surface area contributed by atoms with Gasteiger partial charge in [-0.05, 0) is 43.5 Å². The monoisotopic (exact) mass is 330 g/mol. The highest BCUT2D eigenvalue weighted by molar-refractivity contribution is 5.88. The van der Waals surface area contributed by atoms with E-state index in [1.54, 1.807) is 32.0 Å². The molecule has 2 aromatic rings. The molecular weight excluding hydrogens is 312 g/mol. The van der Waals surface area contributed by atoms with E-state index in [0.717, 1.165) is 10.8 Å². The molecule has 0 heterocycles. The number of fused-ring (bicyclic) bond motifs is 1. The van der Waals surface area contributed by atoms with Crippen LogP contribution in [0.5, 0.6) is 0 Å². The van der Waals surface area contributed by atoms with Crippen molar-refractivity contribution in [2.24, 2.45) is 5.18 Å². The van der Waals surface area contributed by atoms with E-state index in [4.69, 9.17) is 4.74 Å². The van der Waals surface area contributed by atoms with Crippen LogP contribution in [0.2, 0.25) is 0 Å². The van der Waals surface area contributed by atoms with Crippen LogP contribution in [0.1, 0.15) is 25.8 Å². The van der Waals surface area contributed by atoms with Crippen LogP contribution in [-0.4, -0.2) is 23.0 Å². The minimum atomic E-state index is -1.18. The number of carbonyl (C=O) groups excluding carboxylic acids is 1. The zero-order valence-corrected chi connectivity index (χ0v) is 13.5. The van der Waals surface area contributed by atoms with Crippen molar-refractivity contribution in [3.8, 4) is 0 Å². The number of ether oxygens (including phenoxy) is 1. The van der Waals surface area contributed by atoms with E-state index < -0.39 is 16.9 Å². The molecule has 0 radical (unpaired) electrons. The molecule has 1 atom stereocenters. The molecule has 1 unspecified atom stereocenters. The van der Waals surface area contributed by atoms with Crippen LogP contribution >= 0.6 is 0 Å². The summed E-state index contributed by atoms with van der Waals surface area (Å²) in [6, 6.07) is 9.21. The fourth-order valence-electron chi connectivity index (χ4n) is 2.56. The average Bonchev–Trinajstić information content (AvgIpc) is 2.54. The van der Waals surface area contributed by atoms with Gasteiger partial charge in [-0.1, -0.05) is 29.4 Å². The van der Waals surface area contributed by atoms with E-state index in [0.29, 0.717) is 5.56 Å². The highest BCUT2D eigenvalue weighted by atomic mass is 16.6. The molecule has 2 rings (SSSR count).